The van der Waals surface area contributed by atoms with Gasteiger partial charge < -0.3 is 9.47 Å². The minimum Gasteiger partial charge on any atom is -0.497 e. The third kappa shape index (κ3) is 3.81. The van der Waals surface area contributed by atoms with E-state index in [1.165, 1.54) is 6.92 Å². The lowest BCUT2D eigenvalue weighted by Gasteiger charge is -2.41. The molecule has 140 valence electrons. The molecule has 5 heteroatoms. The van der Waals surface area contributed by atoms with Gasteiger partial charge in [-0.3, -0.25) is 14.4 Å². The second-order valence-electron chi connectivity index (χ2n) is 7.49. The van der Waals surface area contributed by atoms with Crippen molar-refractivity contribution in [3.05, 3.63) is 29.3 Å². The molecule has 0 radical (unpaired) electrons. The highest BCUT2D eigenvalue weighted by atomic mass is 16.6. The summed E-state index contributed by atoms with van der Waals surface area (Å²) in [5, 5.41) is 0. The second kappa shape index (κ2) is 7.60. The van der Waals surface area contributed by atoms with Gasteiger partial charge in [-0.25, -0.2) is 0 Å². The predicted octanol–water partition coefficient (Wildman–Crippen LogP) is 3.67. The summed E-state index contributed by atoms with van der Waals surface area (Å²) in [6, 6.07) is 5.48. The Morgan fingerprint density at radius 1 is 1.27 bits per heavy atom. The molecule has 0 spiro atoms. The Hall–Kier alpha value is -2.17. The molecular weight excluding hydrogens is 332 g/mol. The Kier molecular flexibility index (Phi) is 5.44. The van der Waals surface area contributed by atoms with Crippen LogP contribution in [0.2, 0.25) is 0 Å². The average molecular weight is 358 g/mol. The van der Waals surface area contributed by atoms with Crippen molar-refractivity contribution in [2.75, 3.05) is 7.11 Å². The van der Waals surface area contributed by atoms with Crippen molar-refractivity contribution >= 4 is 17.5 Å². The fourth-order valence-electron chi connectivity index (χ4n) is 4.45. The van der Waals surface area contributed by atoms with Gasteiger partial charge in [-0.1, -0.05) is 18.9 Å². The van der Waals surface area contributed by atoms with Gasteiger partial charge in [-0.05, 0) is 56.2 Å². The Labute approximate surface area is 154 Å². The van der Waals surface area contributed by atoms with Gasteiger partial charge >= 0.3 is 5.97 Å². The summed E-state index contributed by atoms with van der Waals surface area (Å²) in [5.41, 5.74) is 0.820. The first-order chi connectivity index (χ1) is 12.4. The lowest BCUT2D eigenvalue weighted by Crippen LogP contribution is -2.48. The van der Waals surface area contributed by atoms with Crippen LogP contribution in [0.15, 0.2) is 18.2 Å². The maximum absolute atomic E-state index is 12.1. The van der Waals surface area contributed by atoms with E-state index in [-0.39, 0.29) is 23.9 Å². The SMILES string of the molecule is COc1ccc(CCC2(C3CCCC3)CC(=O)CC(=O)O2)c(C(C)=O)c1. The van der Waals surface area contributed by atoms with Crippen molar-refractivity contribution in [1.82, 2.24) is 0 Å². The number of hydrogen-bond acceptors (Lipinski definition) is 5. The minimum atomic E-state index is -0.711. The smallest absolute Gasteiger partial charge is 0.313 e. The molecular formula is C21H26O5. The van der Waals surface area contributed by atoms with E-state index >= 15 is 0 Å². The summed E-state index contributed by atoms with van der Waals surface area (Å²) in [6.07, 6.45) is 5.55. The van der Waals surface area contributed by atoms with Crippen molar-refractivity contribution in [1.29, 1.82) is 0 Å². The van der Waals surface area contributed by atoms with E-state index in [0.717, 1.165) is 31.2 Å². The zero-order chi connectivity index (χ0) is 18.7. The molecule has 5 nitrogen and oxygen atoms in total. The number of carbonyl (C=O) groups excluding carboxylic acids is 3. The van der Waals surface area contributed by atoms with Gasteiger partial charge in [0.2, 0.25) is 0 Å². The lowest BCUT2D eigenvalue weighted by molar-refractivity contribution is -0.178. The number of benzene rings is 1. The van der Waals surface area contributed by atoms with Crippen LogP contribution in [-0.4, -0.2) is 30.2 Å². The summed E-state index contributed by atoms with van der Waals surface area (Å²) in [6.45, 7) is 1.54. The van der Waals surface area contributed by atoms with E-state index in [9.17, 15) is 14.4 Å². The van der Waals surface area contributed by atoms with Gasteiger partial charge in [0.15, 0.2) is 5.78 Å². The summed E-state index contributed by atoms with van der Waals surface area (Å²) < 4.78 is 11.0. The summed E-state index contributed by atoms with van der Waals surface area (Å²) in [4.78, 5) is 36.2. The zero-order valence-electron chi connectivity index (χ0n) is 15.5. The number of methoxy groups -OCH3 is 1. The van der Waals surface area contributed by atoms with Crippen LogP contribution in [0.3, 0.4) is 0 Å². The molecule has 1 atom stereocenters. The lowest BCUT2D eigenvalue weighted by atomic mass is 9.75. The monoisotopic (exact) mass is 358 g/mol. The van der Waals surface area contributed by atoms with E-state index in [2.05, 4.69) is 0 Å². The van der Waals surface area contributed by atoms with Crippen LogP contribution in [0.1, 0.15) is 67.8 Å². The van der Waals surface area contributed by atoms with Crippen LogP contribution >= 0.6 is 0 Å². The highest BCUT2D eigenvalue weighted by Gasteiger charge is 2.47. The Balaban J connectivity index is 1.85. The highest BCUT2D eigenvalue weighted by Crippen LogP contribution is 2.44. The molecule has 1 aromatic rings. The van der Waals surface area contributed by atoms with Crippen LogP contribution in [0, 0.1) is 5.92 Å². The molecule has 1 heterocycles. The second-order valence-corrected chi connectivity index (χ2v) is 7.49. The van der Waals surface area contributed by atoms with E-state index < -0.39 is 11.6 Å². The molecule has 26 heavy (non-hydrogen) atoms. The van der Waals surface area contributed by atoms with E-state index in [0.29, 0.717) is 30.6 Å². The van der Waals surface area contributed by atoms with Crippen LogP contribution in [-0.2, 0) is 20.7 Å². The minimum absolute atomic E-state index is 0.0227. The molecule has 0 bridgehead atoms. The number of rotatable bonds is 6. The van der Waals surface area contributed by atoms with Gasteiger partial charge in [-0.15, -0.1) is 0 Å². The quantitative estimate of drug-likeness (QED) is 0.441. The molecule has 1 aliphatic heterocycles. The number of ketones is 2. The molecule has 1 saturated heterocycles. The Morgan fingerprint density at radius 2 is 2.00 bits per heavy atom. The van der Waals surface area contributed by atoms with Crippen LogP contribution in [0.4, 0.5) is 0 Å². The average Bonchev–Trinajstić information content (AvgIpc) is 3.14. The molecule has 1 aromatic carbocycles. The molecule has 0 aromatic heterocycles. The van der Waals surface area contributed by atoms with Gasteiger partial charge in [0.1, 0.15) is 23.6 Å². The van der Waals surface area contributed by atoms with E-state index in [4.69, 9.17) is 9.47 Å². The zero-order valence-corrected chi connectivity index (χ0v) is 15.5. The molecule has 0 N–H and O–H groups in total. The van der Waals surface area contributed by atoms with Gasteiger partial charge in [0.25, 0.3) is 0 Å². The van der Waals surface area contributed by atoms with Gasteiger partial charge in [0.05, 0.1) is 7.11 Å². The number of ether oxygens (including phenoxy) is 2. The summed E-state index contributed by atoms with van der Waals surface area (Å²) in [7, 11) is 1.57. The predicted molar refractivity (Wildman–Crippen MR) is 96.3 cm³/mol. The highest BCUT2D eigenvalue weighted by molar-refractivity contribution is 5.98. The molecule has 2 fully saturated rings. The fraction of sp³-hybridized carbons (Fsp3) is 0.571. The fourth-order valence-corrected chi connectivity index (χ4v) is 4.45. The van der Waals surface area contributed by atoms with E-state index in [1.54, 1.807) is 13.2 Å². The number of carbonyl (C=O) groups is 3. The summed E-state index contributed by atoms with van der Waals surface area (Å²) in [5.74, 6) is 0.410. The first-order valence-electron chi connectivity index (χ1n) is 9.35. The molecule has 1 saturated carbocycles. The molecule has 3 rings (SSSR count). The van der Waals surface area contributed by atoms with Crippen LogP contribution < -0.4 is 4.74 Å². The van der Waals surface area contributed by atoms with Crippen LogP contribution in [0.25, 0.3) is 0 Å². The van der Waals surface area contributed by atoms with Crippen molar-refractivity contribution in [3.63, 3.8) is 0 Å². The van der Waals surface area contributed by atoms with Crippen molar-refractivity contribution in [3.8, 4) is 5.75 Å². The van der Waals surface area contributed by atoms with Gasteiger partial charge in [-0.2, -0.15) is 0 Å². The third-order valence-electron chi connectivity index (χ3n) is 5.77. The molecule has 2 aliphatic rings. The molecule has 1 unspecified atom stereocenters. The number of hydrogen-bond donors (Lipinski definition) is 0. The van der Waals surface area contributed by atoms with Crippen molar-refractivity contribution in [2.45, 2.75) is 63.9 Å². The molecule has 0 amide bonds. The van der Waals surface area contributed by atoms with Gasteiger partial charge in [0, 0.05) is 12.0 Å². The maximum atomic E-state index is 12.1. The number of cyclic esters (lactones) is 1. The van der Waals surface area contributed by atoms with Crippen molar-refractivity contribution in [2.24, 2.45) is 5.92 Å². The Bertz CT molecular complexity index is 699. The van der Waals surface area contributed by atoms with Crippen LogP contribution in [0.5, 0.6) is 5.75 Å². The first-order valence-corrected chi connectivity index (χ1v) is 9.35. The standard InChI is InChI=1S/C21H26O5/c1-14(22)19-12-18(25-2)8-7-15(19)9-10-21(16-5-3-4-6-16)13-17(23)11-20(24)26-21/h7-8,12,16H,3-6,9-11,13H2,1-2H3. The van der Waals surface area contributed by atoms with E-state index in [1.807, 2.05) is 12.1 Å². The normalized spacial score (nSPS) is 23.8. The first kappa shape index (κ1) is 18.6. The Morgan fingerprint density at radius 3 is 2.62 bits per heavy atom. The maximum Gasteiger partial charge on any atom is 0.313 e. The molecule has 1 aliphatic carbocycles. The number of Topliss-reactive ketones (excluding diaryl/α,β-unsaturated/α-hetero) is 2. The number of esters is 1. The topological polar surface area (TPSA) is 69.7 Å². The summed E-state index contributed by atoms with van der Waals surface area (Å²) >= 11 is 0. The van der Waals surface area contributed by atoms with Crippen molar-refractivity contribution < 1.29 is 23.9 Å². The largest absolute Gasteiger partial charge is 0.497 e. The third-order valence-corrected chi connectivity index (χ3v) is 5.77. The number of aryl methyl sites for hydroxylation is 1.